The van der Waals surface area contributed by atoms with E-state index in [1.165, 1.54) is 11.3 Å². The van der Waals surface area contributed by atoms with Crippen molar-refractivity contribution in [3.63, 3.8) is 0 Å². The Morgan fingerprint density at radius 2 is 1.89 bits per heavy atom. The third-order valence-electron chi connectivity index (χ3n) is 4.29. The van der Waals surface area contributed by atoms with Crippen LogP contribution in [-0.2, 0) is 0 Å². The molecule has 0 unspecified atom stereocenters. The summed E-state index contributed by atoms with van der Waals surface area (Å²) in [4.78, 5) is 0.693. The molecule has 1 N–H and O–H groups in total. The number of aromatic amines is 1. The molecule has 0 fully saturated rings. The number of nitrogens with zero attached hydrogens (tertiary/aromatic N) is 5. The van der Waals surface area contributed by atoms with E-state index in [0.29, 0.717) is 15.8 Å². The van der Waals surface area contributed by atoms with Crippen molar-refractivity contribution in [3.05, 3.63) is 59.6 Å². The third-order valence-corrected chi connectivity index (χ3v) is 5.47. The largest absolute Gasteiger partial charge is 0.496 e. The maximum absolute atomic E-state index is 5.96. The van der Waals surface area contributed by atoms with Gasteiger partial charge < -0.3 is 4.74 Å². The van der Waals surface area contributed by atoms with Crippen molar-refractivity contribution in [2.45, 2.75) is 0 Å². The smallest absolute Gasteiger partial charge is 0.235 e. The summed E-state index contributed by atoms with van der Waals surface area (Å²) in [7, 11) is 1.65. The predicted octanol–water partition coefficient (Wildman–Crippen LogP) is 4.57. The van der Waals surface area contributed by atoms with Gasteiger partial charge in [0.25, 0.3) is 0 Å². The number of nitrogens with one attached hydrogen (secondary N) is 1. The van der Waals surface area contributed by atoms with Crippen LogP contribution in [0.3, 0.4) is 0 Å². The predicted molar refractivity (Wildman–Crippen MR) is 109 cm³/mol. The molecule has 7 nitrogen and oxygen atoms in total. The molecule has 0 radical (unpaired) electrons. The van der Waals surface area contributed by atoms with Gasteiger partial charge in [0.15, 0.2) is 5.01 Å². The number of rotatable bonds is 4. The zero-order valence-electron chi connectivity index (χ0n) is 14.6. The van der Waals surface area contributed by atoms with Gasteiger partial charge in [-0.25, -0.2) is 0 Å². The molecule has 2 aromatic carbocycles. The monoisotopic (exact) mass is 408 g/mol. The van der Waals surface area contributed by atoms with Gasteiger partial charge in [-0.1, -0.05) is 47.2 Å². The average molecular weight is 409 g/mol. The fourth-order valence-corrected chi connectivity index (χ4v) is 3.92. The lowest BCUT2D eigenvalue weighted by Gasteiger charge is -2.03. The van der Waals surface area contributed by atoms with Crippen molar-refractivity contribution in [3.8, 4) is 39.1 Å². The highest BCUT2D eigenvalue weighted by molar-refractivity contribution is 7.19. The Balaban J connectivity index is 1.55. The number of para-hydroxylation sites is 1. The Kier molecular flexibility index (Phi) is 4.07. The van der Waals surface area contributed by atoms with Gasteiger partial charge in [0.05, 0.1) is 18.4 Å². The van der Waals surface area contributed by atoms with Crippen LogP contribution in [0.2, 0.25) is 5.02 Å². The molecule has 138 valence electrons. The summed E-state index contributed by atoms with van der Waals surface area (Å²) >= 11 is 7.41. The van der Waals surface area contributed by atoms with Crippen molar-refractivity contribution >= 4 is 27.9 Å². The Labute approximate surface area is 168 Å². The molecule has 28 heavy (non-hydrogen) atoms. The first-order chi connectivity index (χ1) is 13.7. The molecule has 0 aliphatic heterocycles. The van der Waals surface area contributed by atoms with E-state index in [1.54, 1.807) is 11.6 Å². The number of hydrogen-bond acceptors (Lipinski definition) is 6. The number of aromatic nitrogens is 6. The van der Waals surface area contributed by atoms with Gasteiger partial charge >= 0.3 is 0 Å². The first kappa shape index (κ1) is 16.9. The minimum absolute atomic E-state index is 0.597. The lowest BCUT2D eigenvalue weighted by molar-refractivity contribution is 0.416. The molecular formula is C19H13ClN6OS. The second-order valence-corrected chi connectivity index (χ2v) is 7.39. The second-order valence-electron chi connectivity index (χ2n) is 6.00. The topological polar surface area (TPSA) is 81.0 Å². The maximum Gasteiger partial charge on any atom is 0.235 e. The molecule has 3 aromatic heterocycles. The molecule has 0 bridgehead atoms. The van der Waals surface area contributed by atoms with Gasteiger partial charge in [-0.05, 0) is 30.3 Å². The van der Waals surface area contributed by atoms with E-state index in [1.807, 2.05) is 54.6 Å². The fourth-order valence-electron chi connectivity index (χ4n) is 2.92. The summed E-state index contributed by atoms with van der Waals surface area (Å²) in [6.07, 6.45) is 0. The fraction of sp³-hybridized carbons (Fsp3) is 0.0526. The molecule has 0 aliphatic carbocycles. The number of benzene rings is 2. The summed E-state index contributed by atoms with van der Waals surface area (Å²) < 4.78 is 7.16. The number of methoxy groups -OCH3 is 1. The first-order valence-corrected chi connectivity index (χ1v) is 9.60. The number of fused-ring (bicyclic) bond motifs is 1. The van der Waals surface area contributed by atoms with Crippen molar-refractivity contribution in [2.24, 2.45) is 0 Å². The van der Waals surface area contributed by atoms with E-state index in [-0.39, 0.29) is 0 Å². The van der Waals surface area contributed by atoms with Crippen LogP contribution >= 0.6 is 22.9 Å². The average Bonchev–Trinajstić information content (AvgIpc) is 3.44. The molecule has 0 amide bonds. The first-order valence-electron chi connectivity index (χ1n) is 8.40. The van der Waals surface area contributed by atoms with E-state index < -0.39 is 0 Å². The summed E-state index contributed by atoms with van der Waals surface area (Å²) in [5, 5.41) is 22.1. The maximum atomic E-state index is 5.96. The molecule has 0 aliphatic rings. The molecule has 9 heteroatoms. The van der Waals surface area contributed by atoms with Gasteiger partial charge in [-0.2, -0.15) is 14.7 Å². The van der Waals surface area contributed by atoms with E-state index in [2.05, 4.69) is 25.5 Å². The summed E-state index contributed by atoms with van der Waals surface area (Å²) in [5.41, 5.74) is 3.40. The summed E-state index contributed by atoms with van der Waals surface area (Å²) in [5.74, 6) is 1.36. The molecular weight excluding hydrogens is 396 g/mol. The van der Waals surface area contributed by atoms with E-state index in [0.717, 1.165) is 33.3 Å². The van der Waals surface area contributed by atoms with Crippen molar-refractivity contribution < 1.29 is 4.74 Å². The van der Waals surface area contributed by atoms with Gasteiger partial charge in [0.2, 0.25) is 10.8 Å². The SMILES string of the molecule is COc1ccccc1-c1nn2c(-c3cc(-c4ccc(Cl)cc4)n[nH]3)nnc2s1. The van der Waals surface area contributed by atoms with Crippen LogP contribution in [0.25, 0.3) is 38.3 Å². The van der Waals surface area contributed by atoms with Crippen LogP contribution in [0.15, 0.2) is 54.6 Å². The highest BCUT2D eigenvalue weighted by Crippen LogP contribution is 2.34. The number of H-pyrrole nitrogens is 1. The van der Waals surface area contributed by atoms with Crippen molar-refractivity contribution in [2.75, 3.05) is 7.11 Å². The van der Waals surface area contributed by atoms with Crippen LogP contribution in [-0.4, -0.2) is 37.1 Å². The van der Waals surface area contributed by atoms with Gasteiger partial charge in [-0.3, -0.25) is 5.10 Å². The van der Waals surface area contributed by atoms with Gasteiger partial charge in [0.1, 0.15) is 11.4 Å². The van der Waals surface area contributed by atoms with Crippen molar-refractivity contribution in [1.29, 1.82) is 0 Å². The van der Waals surface area contributed by atoms with Crippen LogP contribution in [0.1, 0.15) is 0 Å². The van der Waals surface area contributed by atoms with Crippen molar-refractivity contribution in [1.82, 2.24) is 30.0 Å². The number of halogens is 1. The molecule has 0 saturated heterocycles. The highest BCUT2D eigenvalue weighted by atomic mass is 35.5. The minimum atomic E-state index is 0.597. The molecule has 5 aromatic rings. The minimum Gasteiger partial charge on any atom is -0.496 e. The number of ether oxygens (including phenoxy) is 1. The van der Waals surface area contributed by atoms with Crippen LogP contribution < -0.4 is 4.74 Å². The molecule has 0 saturated carbocycles. The normalized spacial score (nSPS) is 11.2. The Morgan fingerprint density at radius 3 is 2.71 bits per heavy atom. The standard InChI is InChI=1S/C19H13ClN6OS/c1-27-16-5-3-2-4-13(16)18-25-26-17(23-24-19(26)28-18)15-10-14(21-22-15)11-6-8-12(20)9-7-11/h2-10H,1H3,(H,21,22). The van der Waals surface area contributed by atoms with E-state index in [4.69, 9.17) is 16.3 Å². The lowest BCUT2D eigenvalue weighted by Crippen LogP contribution is -1.92. The zero-order valence-corrected chi connectivity index (χ0v) is 16.2. The number of hydrogen-bond donors (Lipinski definition) is 1. The quantitative estimate of drug-likeness (QED) is 0.471. The Hall–Kier alpha value is -3.23. The zero-order chi connectivity index (χ0) is 19.1. The van der Waals surface area contributed by atoms with Gasteiger partial charge in [-0.15, -0.1) is 10.2 Å². The van der Waals surface area contributed by atoms with Crippen LogP contribution in [0.4, 0.5) is 0 Å². The summed E-state index contributed by atoms with van der Waals surface area (Å²) in [6.45, 7) is 0. The Morgan fingerprint density at radius 1 is 1.07 bits per heavy atom. The van der Waals surface area contributed by atoms with Gasteiger partial charge in [0, 0.05) is 10.6 Å². The highest BCUT2D eigenvalue weighted by Gasteiger charge is 2.18. The second kappa shape index (κ2) is 6.74. The van der Waals surface area contributed by atoms with E-state index in [9.17, 15) is 0 Å². The summed E-state index contributed by atoms with van der Waals surface area (Å²) in [6, 6.07) is 17.2. The van der Waals surface area contributed by atoms with E-state index >= 15 is 0 Å². The van der Waals surface area contributed by atoms with Crippen LogP contribution in [0, 0.1) is 0 Å². The molecule has 5 rings (SSSR count). The molecule has 3 heterocycles. The lowest BCUT2D eigenvalue weighted by atomic mass is 10.1. The Bertz CT molecular complexity index is 1270. The van der Waals surface area contributed by atoms with Crippen LogP contribution in [0.5, 0.6) is 5.75 Å². The molecule has 0 spiro atoms. The third kappa shape index (κ3) is 2.83. The molecule has 0 atom stereocenters.